The van der Waals surface area contributed by atoms with E-state index in [4.69, 9.17) is 16.6 Å². The number of nitrogens with zero attached hydrogens (tertiary/aromatic N) is 2. The normalized spacial score (nSPS) is 17.5. The van der Waals surface area contributed by atoms with E-state index in [2.05, 4.69) is 23.9 Å². The molecule has 2 aromatic rings. The van der Waals surface area contributed by atoms with Gasteiger partial charge in [-0.1, -0.05) is 11.6 Å². The largest absolute Gasteiger partial charge is 0.331 e. The third-order valence-electron chi connectivity index (χ3n) is 3.88. The van der Waals surface area contributed by atoms with Gasteiger partial charge in [-0.25, -0.2) is 4.98 Å². The van der Waals surface area contributed by atoms with E-state index in [0.29, 0.717) is 5.92 Å². The first-order valence-corrected chi connectivity index (χ1v) is 6.88. The highest BCUT2D eigenvalue weighted by molar-refractivity contribution is 6.31. The molecule has 1 aromatic heterocycles. The van der Waals surface area contributed by atoms with Crippen molar-refractivity contribution >= 4 is 22.6 Å². The fourth-order valence-corrected chi connectivity index (χ4v) is 3.14. The Balaban J connectivity index is 2.13. The zero-order valence-corrected chi connectivity index (χ0v) is 11.6. The maximum absolute atomic E-state index is 6.14. The first-order valence-electron chi connectivity index (χ1n) is 6.50. The molecule has 4 heteroatoms. The Labute approximate surface area is 112 Å². The quantitative estimate of drug-likeness (QED) is 0.857. The van der Waals surface area contributed by atoms with Gasteiger partial charge in [-0.3, -0.25) is 0 Å². The predicted molar refractivity (Wildman–Crippen MR) is 75.3 cm³/mol. The van der Waals surface area contributed by atoms with Crippen LogP contribution in [0.1, 0.15) is 30.1 Å². The molecular formula is C14H18ClN3. The molecule has 0 saturated carbocycles. The Kier molecular flexibility index (Phi) is 3.04. The minimum atomic E-state index is 0.571. The van der Waals surface area contributed by atoms with E-state index in [1.54, 1.807) is 0 Å². The number of hydrogen-bond acceptors (Lipinski definition) is 2. The van der Waals surface area contributed by atoms with Gasteiger partial charge in [0.05, 0.1) is 11.0 Å². The Morgan fingerprint density at radius 3 is 2.78 bits per heavy atom. The van der Waals surface area contributed by atoms with Crippen molar-refractivity contribution in [2.75, 3.05) is 13.1 Å². The molecule has 18 heavy (non-hydrogen) atoms. The van der Waals surface area contributed by atoms with Crippen LogP contribution in [-0.4, -0.2) is 22.6 Å². The van der Waals surface area contributed by atoms with Gasteiger partial charge in [-0.05, 0) is 50.6 Å². The van der Waals surface area contributed by atoms with Gasteiger partial charge in [0, 0.05) is 18.0 Å². The molecule has 3 rings (SSSR count). The molecular weight excluding hydrogens is 246 g/mol. The molecule has 1 saturated heterocycles. The molecule has 0 amide bonds. The molecule has 3 nitrogen and oxygen atoms in total. The molecule has 0 bridgehead atoms. The smallest absolute Gasteiger partial charge is 0.112 e. The van der Waals surface area contributed by atoms with Crippen molar-refractivity contribution in [2.45, 2.75) is 25.7 Å². The van der Waals surface area contributed by atoms with E-state index in [1.807, 2.05) is 12.1 Å². The second-order valence-corrected chi connectivity index (χ2v) is 5.58. The van der Waals surface area contributed by atoms with Gasteiger partial charge in [0.25, 0.3) is 0 Å². The van der Waals surface area contributed by atoms with Gasteiger partial charge in [-0.2, -0.15) is 0 Å². The maximum Gasteiger partial charge on any atom is 0.112 e. The van der Waals surface area contributed by atoms with Crippen molar-refractivity contribution in [2.24, 2.45) is 7.05 Å². The number of nitrogens with one attached hydrogen (secondary N) is 1. The van der Waals surface area contributed by atoms with Gasteiger partial charge in [0.15, 0.2) is 0 Å². The summed E-state index contributed by atoms with van der Waals surface area (Å²) in [5.74, 6) is 1.78. The molecule has 0 unspecified atom stereocenters. The first kappa shape index (κ1) is 12.0. The SMILES string of the molecule is Cc1cc(Cl)cc2c1nc(C1CCNCC1)n2C. The number of piperidine rings is 1. The number of aromatic nitrogens is 2. The highest BCUT2D eigenvalue weighted by Gasteiger charge is 2.21. The second kappa shape index (κ2) is 4.56. The molecule has 1 fully saturated rings. The van der Waals surface area contributed by atoms with Gasteiger partial charge >= 0.3 is 0 Å². The zero-order valence-electron chi connectivity index (χ0n) is 10.8. The summed E-state index contributed by atoms with van der Waals surface area (Å²) in [6, 6.07) is 4.00. The lowest BCUT2D eigenvalue weighted by molar-refractivity contribution is 0.438. The van der Waals surface area contributed by atoms with Crippen LogP contribution >= 0.6 is 11.6 Å². The molecule has 0 atom stereocenters. The molecule has 1 aliphatic rings. The van der Waals surface area contributed by atoms with Crippen molar-refractivity contribution in [3.8, 4) is 0 Å². The number of imidazole rings is 1. The number of rotatable bonds is 1. The third-order valence-corrected chi connectivity index (χ3v) is 4.10. The molecule has 1 N–H and O–H groups in total. The topological polar surface area (TPSA) is 29.9 Å². The van der Waals surface area contributed by atoms with Crippen LogP contribution in [-0.2, 0) is 7.05 Å². The summed E-state index contributed by atoms with van der Waals surface area (Å²) in [5, 5.41) is 4.19. The lowest BCUT2D eigenvalue weighted by Gasteiger charge is -2.22. The summed E-state index contributed by atoms with van der Waals surface area (Å²) < 4.78 is 2.21. The van der Waals surface area contributed by atoms with Crippen molar-refractivity contribution in [3.63, 3.8) is 0 Å². The van der Waals surface area contributed by atoms with Crippen LogP contribution in [0.4, 0.5) is 0 Å². The maximum atomic E-state index is 6.14. The zero-order chi connectivity index (χ0) is 12.7. The average molecular weight is 264 g/mol. The summed E-state index contributed by atoms with van der Waals surface area (Å²) in [6.07, 6.45) is 2.34. The van der Waals surface area contributed by atoms with Crippen LogP contribution in [0.25, 0.3) is 11.0 Å². The van der Waals surface area contributed by atoms with Crippen molar-refractivity contribution in [3.05, 3.63) is 28.5 Å². The van der Waals surface area contributed by atoms with Crippen molar-refractivity contribution in [1.82, 2.24) is 14.9 Å². The van der Waals surface area contributed by atoms with Crippen LogP contribution in [0, 0.1) is 6.92 Å². The minimum absolute atomic E-state index is 0.571. The summed E-state index contributed by atoms with van der Waals surface area (Å²) >= 11 is 6.14. The van der Waals surface area contributed by atoms with E-state index < -0.39 is 0 Å². The number of aryl methyl sites for hydroxylation is 2. The van der Waals surface area contributed by atoms with Gasteiger partial charge < -0.3 is 9.88 Å². The molecule has 1 aromatic carbocycles. The standard InChI is InChI=1S/C14H18ClN3/c1-9-7-11(15)8-12-13(9)17-14(18(12)2)10-3-5-16-6-4-10/h7-8,10,16H,3-6H2,1-2H3. The predicted octanol–water partition coefficient (Wildman–Crippen LogP) is 3.00. The fourth-order valence-electron chi connectivity index (χ4n) is 2.88. The lowest BCUT2D eigenvalue weighted by atomic mass is 9.97. The monoisotopic (exact) mass is 263 g/mol. The highest BCUT2D eigenvalue weighted by atomic mass is 35.5. The first-order chi connectivity index (χ1) is 8.66. The number of benzene rings is 1. The van der Waals surface area contributed by atoms with E-state index in [0.717, 1.165) is 34.7 Å². The van der Waals surface area contributed by atoms with E-state index in [9.17, 15) is 0 Å². The Morgan fingerprint density at radius 2 is 2.06 bits per heavy atom. The molecule has 0 radical (unpaired) electrons. The minimum Gasteiger partial charge on any atom is -0.331 e. The van der Waals surface area contributed by atoms with Gasteiger partial charge in [-0.15, -0.1) is 0 Å². The third kappa shape index (κ3) is 1.91. The fraction of sp³-hybridized carbons (Fsp3) is 0.500. The Hall–Kier alpha value is -1.06. The van der Waals surface area contributed by atoms with E-state index >= 15 is 0 Å². The molecule has 1 aliphatic heterocycles. The Morgan fingerprint density at radius 1 is 1.33 bits per heavy atom. The van der Waals surface area contributed by atoms with Crippen LogP contribution in [0.2, 0.25) is 5.02 Å². The van der Waals surface area contributed by atoms with E-state index in [-0.39, 0.29) is 0 Å². The molecule has 0 aliphatic carbocycles. The number of halogens is 1. The molecule has 0 spiro atoms. The van der Waals surface area contributed by atoms with E-state index in [1.165, 1.54) is 18.7 Å². The summed E-state index contributed by atoms with van der Waals surface area (Å²) in [4.78, 5) is 4.85. The van der Waals surface area contributed by atoms with Crippen LogP contribution in [0.5, 0.6) is 0 Å². The number of hydrogen-bond donors (Lipinski definition) is 1. The molecule has 2 heterocycles. The van der Waals surface area contributed by atoms with Crippen molar-refractivity contribution in [1.29, 1.82) is 0 Å². The average Bonchev–Trinajstić information content (AvgIpc) is 2.69. The summed E-state index contributed by atoms with van der Waals surface area (Å²) in [6.45, 7) is 4.26. The van der Waals surface area contributed by atoms with Crippen LogP contribution in [0.3, 0.4) is 0 Å². The summed E-state index contributed by atoms with van der Waals surface area (Å²) in [5.41, 5.74) is 3.40. The Bertz CT molecular complexity index is 582. The molecule has 96 valence electrons. The lowest BCUT2D eigenvalue weighted by Crippen LogP contribution is -2.27. The van der Waals surface area contributed by atoms with Crippen molar-refractivity contribution < 1.29 is 0 Å². The van der Waals surface area contributed by atoms with Crippen LogP contribution in [0.15, 0.2) is 12.1 Å². The second-order valence-electron chi connectivity index (χ2n) is 5.14. The summed E-state index contributed by atoms with van der Waals surface area (Å²) in [7, 11) is 2.10. The van der Waals surface area contributed by atoms with Crippen LogP contribution < -0.4 is 5.32 Å². The number of fused-ring (bicyclic) bond motifs is 1. The highest BCUT2D eigenvalue weighted by Crippen LogP contribution is 2.30. The van der Waals surface area contributed by atoms with Gasteiger partial charge in [0.2, 0.25) is 0 Å². The van der Waals surface area contributed by atoms with Gasteiger partial charge in [0.1, 0.15) is 5.82 Å².